The molecule has 0 atom stereocenters. The van der Waals surface area contributed by atoms with Crippen LogP contribution >= 0.6 is 11.3 Å². The molecule has 1 heterocycles. The number of thiazole rings is 1. The zero-order valence-electron chi connectivity index (χ0n) is 10.6. The second kappa shape index (κ2) is 6.02. The number of aromatic nitrogens is 1. The Bertz CT molecular complexity index is 623. The summed E-state index contributed by atoms with van der Waals surface area (Å²) in [4.78, 5) is 26.8. The first kappa shape index (κ1) is 13.8. The highest BCUT2D eigenvalue weighted by molar-refractivity contribution is 7.13. The molecule has 0 aliphatic carbocycles. The molecular weight excluding hydrogens is 278 g/mol. The second-order valence-corrected chi connectivity index (χ2v) is 4.70. The molecule has 5 N–H and O–H groups in total. The number of nitrogens with zero attached hydrogens (tertiary/aromatic N) is 1. The zero-order valence-corrected chi connectivity index (χ0v) is 11.5. The number of benzene rings is 1. The SMILES string of the molecule is CNC(=O)Nc1ccc(NC(=O)c2csc(N)n2)cc1. The summed E-state index contributed by atoms with van der Waals surface area (Å²) in [6.07, 6.45) is 0. The Morgan fingerprint density at radius 1 is 1.15 bits per heavy atom. The second-order valence-electron chi connectivity index (χ2n) is 3.81. The Kier molecular flexibility index (Phi) is 4.16. The number of amides is 3. The molecule has 0 unspecified atom stereocenters. The smallest absolute Gasteiger partial charge is 0.318 e. The highest BCUT2D eigenvalue weighted by Gasteiger charge is 2.09. The van der Waals surface area contributed by atoms with Crippen molar-refractivity contribution >= 4 is 39.8 Å². The standard InChI is InChI=1S/C12H13N5O2S/c1-14-12(19)16-8-4-2-7(3-5-8)15-10(18)9-6-20-11(13)17-9/h2-6H,1H3,(H2,13,17)(H,15,18)(H2,14,16,19). The van der Waals surface area contributed by atoms with E-state index in [0.717, 1.165) is 0 Å². The third kappa shape index (κ3) is 3.45. The third-order valence-electron chi connectivity index (χ3n) is 2.38. The first-order valence-electron chi connectivity index (χ1n) is 5.69. The number of hydrogen-bond donors (Lipinski definition) is 4. The van der Waals surface area contributed by atoms with Crippen molar-refractivity contribution in [1.82, 2.24) is 10.3 Å². The molecule has 7 nitrogen and oxygen atoms in total. The van der Waals surface area contributed by atoms with E-state index in [2.05, 4.69) is 20.9 Å². The van der Waals surface area contributed by atoms with Crippen molar-refractivity contribution in [3.05, 3.63) is 35.3 Å². The number of hydrogen-bond acceptors (Lipinski definition) is 5. The van der Waals surface area contributed by atoms with Gasteiger partial charge in [0, 0.05) is 23.8 Å². The molecule has 0 fully saturated rings. The van der Waals surface area contributed by atoms with Gasteiger partial charge in [0.15, 0.2) is 5.13 Å². The quantitative estimate of drug-likeness (QED) is 0.690. The monoisotopic (exact) mass is 291 g/mol. The summed E-state index contributed by atoms with van der Waals surface area (Å²) < 4.78 is 0. The van der Waals surface area contributed by atoms with E-state index >= 15 is 0 Å². The maximum Gasteiger partial charge on any atom is 0.318 e. The largest absolute Gasteiger partial charge is 0.375 e. The van der Waals surface area contributed by atoms with Gasteiger partial charge in [-0.2, -0.15) is 0 Å². The van der Waals surface area contributed by atoms with Crippen molar-refractivity contribution in [1.29, 1.82) is 0 Å². The van der Waals surface area contributed by atoms with Crippen molar-refractivity contribution in [2.75, 3.05) is 23.4 Å². The van der Waals surface area contributed by atoms with Crippen molar-refractivity contribution in [2.24, 2.45) is 0 Å². The molecule has 1 aromatic heterocycles. The van der Waals surface area contributed by atoms with Gasteiger partial charge in [-0.25, -0.2) is 9.78 Å². The molecule has 0 radical (unpaired) electrons. The molecule has 8 heteroatoms. The van der Waals surface area contributed by atoms with E-state index in [1.165, 1.54) is 18.4 Å². The average molecular weight is 291 g/mol. The molecule has 0 saturated carbocycles. The summed E-state index contributed by atoms with van der Waals surface area (Å²) in [7, 11) is 1.53. The van der Waals surface area contributed by atoms with E-state index in [4.69, 9.17) is 5.73 Å². The zero-order chi connectivity index (χ0) is 14.5. The van der Waals surface area contributed by atoms with Gasteiger partial charge >= 0.3 is 6.03 Å². The van der Waals surface area contributed by atoms with E-state index in [9.17, 15) is 9.59 Å². The van der Waals surface area contributed by atoms with Crippen LogP contribution in [-0.4, -0.2) is 24.0 Å². The fourth-order valence-electron chi connectivity index (χ4n) is 1.42. The molecule has 0 aliphatic rings. The Balaban J connectivity index is 2.00. The predicted molar refractivity (Wildman–Crippen MR) is 79.0 cm³/mol. The van der Waals surface area contributed by atoms with E-state index in [-0.39, 0.29) is 17.6 Å². The normalized spacial score (nSPS) is 9.85. The molecule has 0 bridgehead atoms. The summed E-state index contributed by atoms with van der Waals surface area (Å²) in [5.41, 5.74) is 6.97. The highest BCUT2D eigenvalue weighted by Crippen LogP contribution is 2.16. The lowest BCUT2D eigenvalue weighted by molar-refractivity contribution is 0.102. The van der Waals surface area contributed by atoms with Crippen LogP contribution in [0.25, 0.3) is 0 Å². The minimum atomic E-state index is -0.329. The molecule has 0 aliphatic heterocycles. The fourth-order valence-corrected chi connectivity index (χ4v) is 1.96. The number of rotatable bonds is 3. The van der Waals surface area contributed by atoms with Crippen LogP contribution in [0.15, 0.2) is 29.6 Å². The number of nitrogens with two attached hydrogens (primary N) is 1. The van der Waals surface area contributed by atoms with Gasteiger partial charge in [-0.15, -0.1) is 11.3 Å². The topological polar surface area (TPSA) is 109 Å². The molecule has 104 valence electrons. The van der Waals surface area contributed by atoms with E-state index in [0.29, 0.717) is 16.5 Å². The predicted octanol–water partition coefficient (Wildman–Crippen LogP) is 1.73. The van der Waals surface area contributed by atoms with Crippen LogP contribution in [0.2, 0.25) is 0 Å². The maximum atomic E-state index is 11.8. The molecule has 3 amide bonds. The number of carbonyl (C=O) groups is 2. The number of urea groups is 1. The van der Waals surface area contributed by atoms with Gasteiger partial charge in [0.1, 0.15) is 5.69 Å². The van der Waals surface area contributed by atoms with Gasteiger partial charge in [0.2, 0.25) is 0 Å². The van der Waals surface area contributed by atoms with Gasteiger partial charge in [0.25, 0.3) is 5.91 Å². The summed E-state index contributed by atoms with van der Waals surface area (Å²) in [6, 6.07) is 6.41. The van der Waals surface area contributed by atoms with Crippen LogP contribution in [0.4, 0.5) is 21.3 Å². The maximum absolute atomic E-state index is 11.8. The molecule has 1 aromatic carbocycles. The molecule has 2 rings (SSSR count). The Morgan fingerprint density at radius 3 is 2.25 bits per heavy atom. The number of anilines is 3. The van der Waals surface area contributed by atoms with Crippen LogP contribution in [0.5, 0.6) is 0 Å². The molecule has 0 spiro atoms. The lowest BCUT2D eigenvalue weighted by Crippen LogP contribution is -2.24. The third-order valence-corrected chi connectivity index (χ3v) is 3.06. The minimum absolute atomic E-state index is 0.278. The van der Waals surface area contributed by atoms with Gasteiger partial charge in [0.05, 0.1) is 0 Å². The fraction of sp³-hybridized carbons (Fsp3) is 0.0833. The first-order chi connectivity index (χ1) is 9.58. The van der Waals surface area contributed by atoms with Gasteiger partial charge in [-0.3, -0.25) is 4.79 Å². The van der Waals surface area contributed by atoms with Crippen molar-refractivity contribution in [3.63, 3.8) is 0 Å². The number of nitrogen functional groups attached to an aromatic ring is 1. The summed E-state index contributed by atoms with van der Waals surface area (Å²) in [5.74, 6) is -0.329. The van der Waals surface area contributed by atoms with E-state index < -0.39 is 0 Å². The summed E-state index contributed by atoms with van der Waals surface area (Å²) in [6.45, 7) is 0. The van der Waals surface area contributed by atoms with Crippen LogP contribution < -0.4 is 21.7 Å². The minimum Gasteiger partial charge on any atom is -0.375 e. The van der Waals surface area contributed by atoms with Crippen molar-refractivity contribution < 1.29 is 9.59 Å². The van der Waals surface area contributed by atoms with Gasteiger partial charge < -0.3 is 21.7 Å². The van der Waals surface area contributed by atoms with Crippen molar-refractivity contribution in [2.45, 2.75) is 0 Å². The molecule has 0 saturated heterocycles. The highest BCUT2D eigenvalue weighted by atomic mass is 32.1. The number of carbonyl (C=O) groups excluding carboxylic acids is 2. The Hall–Kier alpha value is -2.61. The van der Waals surface area contributed by atoms with E-state index in [1.54, 1.807) is 29.6 Å². The molecule has 20 heavy (non-hydrogen) atoms. The average Bonchev–Trinajstić information content (AvgIpc) is 2.87. The van der Waals surface area contributed by atoms with Gasteiger partial charge in [-0.1, -0.05) is 0 Å². The molecule has 2 aromatic rings. The Labute approximate surface area is 119 Å². The lowest BCUT2D eigenvalue weighted by atomic mass is 10.2. The Morgan fingerprint density at radius 2 is 1.75 bits per heavy atom. The summed E-state index contributed by atoms with van der Waals surface area (Å²) >= 11 is 1.21. The summed E-state index contributed by atoms with van der Waals surface area (Å²) in [5, 5.41) is 9.69. The van der Waals surface area contributed by atoms with Crippen LogP contribution in [0.3, 0.4) is 0 Å². The van der Waals surface area contributed by atoms with Gasteiger partial charge in [-0.05, 0) is 24.3 Å². The molecular formula is C12H13N5O2S. The van der Waals surface area contributed by atoms with E-state index in [1.807, 2.05) is 0 Å². The van der Waals surface area contributed by atoms with Crippen LogP contribution in [-0.2, 0) is 0 Å². The number of nitrogens with one attached hydrogen (secondary N) is 3. The van der Waals surface area contributed by atoms with Crippen LogP contribution in [0.1, 0.15) is 10.5 Å². The lowest BCUT2D eigenvalue weighted by Gasteiger charge is -2.06. The van der Waals surface area contributed by atoms with Crippen molar-refractivity contribution in [3.8, 4) is 0 Å². The van der Waals surface area contributed by atoms with Crippen LogP contribution in [0, 0.1) is 0 Å². The first-order valence-corrected chi connectivity index (χ1v) is 6.57.